The first-order chi connectivity index (χ1) is 7.16. The minimum absolute atomic E-state index is 0.252. The van der Waals surface area contributed by atoms with E-state index in [0.29, 0.717) is 6.61 Å². The van der Waals surface area contributed by atoms with Crippen LogP contribution in [0.2, 0.25) is 5.02 Å². The second-order valence-corrected chi connectivity index (χ2v) is 4.30. The first kappa shape index (κ1) is 10.5. The van der Waals surface area contributed by atoms with Crippen molar-refractivity contribution in [2.24, 2.45) is 0 Å². The first-order valence-electron chi connectivity index (χ1n) is 5.04. The monoisotopic (exact) mass is 223 g/mol. The Morgan fingerprint density at radius 1 is 1.40 bits per heavy atom. The Hall–Kier alpha value is -0.990. The van der Waals surface area contributed by atoms with Gasteiger partial charge in [-0.2, -0.15) is 0 Å². The van der Waals surface area contributed by atoms with E-state index in [1.54, 1.807) is 0 Å². The van der Waals surface area contributed by atoms with Crippen molar-refractivity contribution in [2.45, 2.75) is 26.6 Å². The molecule has 0 unspecified atom stereocenters. The van der Waals surface area contributed by atoms with Crippen LogP contribution in [-0.2, 0) is 11.3 Å². The van der Waals surface area contributed by atoms with E-state index in [1.165, 1.54) is 10.9 Å². The minimum Gasteiger partial charge on any atom is -0.374 e. The average Bonchev–Trinajstić information content (AvgIpc) is 2.57. The lowest BCUT2D eigenvalue weighted by Crippen LogP contribution is -2.01. The van der Waals surface area contributed by atoms with Gasteiger partial charge in [-0.3, -0.25) is 0 Å². The van der Waals surface area contributed by atoms with Crippen molar-refractivity contribution >= 4 is 22.5 Å². The molecule has 2 aromatic rings. The van der Waals surface area contributed by atoms with Crippen LogP contribution >= 0.6 is 11.6 Å². The SMILES string of the molecule is CC(C)OCc1c[nH]c2cc(Cl)ccc12. The van der Waals surface area contributed by atoms with Gasteiger partial charge < -0.3 is 9.72 Å². The molecule has 0 atom stereocenters. The molecule has 0 radical (unpaired) electrons. The number of ether oxygens (including phenoxy) is 1. The summed E-state index contributed by atoms with van der Waals surface area (Å²) < 4.78 is 5.57. The van der Waals surface area contributed by atoms with Gasteiger partial charge in [0.2, 0.25) is 0 Å². The van der Waals surface area contributed by atoms with Gasteiger partial charge in [0.1, 0.15) is 0 Å². The molecular weight excluding hydrogens is 210 g/mol. The van der Waals surface area contributed by atoms with E-state index >= 15 is 0 Å². The first-order valence-corrected chi connectivity index (χ1v) is 5.41. The Morgan fingerprint density at radius 2 is 2.20 bits per heavy atom. The molecule has 0 bridgehead atoms. The maximum atomic E-state index is 5.90. The zero-order chi connectivity index (χ0) is 10.8. The van der Waals surface area contributed by atoms with E-state index in [0.717, 1.165) is 10.5 Å². The summed E-state index contributed by atoms with van der Waals surface area (Å²) in [7, 11) is 0. The quantitative estimate of drug-likeness (QED) is 0.843. The summed E-state index contributed by atoms with van der Waals surface area (Å²) >= 11 is 5.90. The summed E-state index contributed by atoms with van der Waals surface area (Å²) in [6.45, 7) is 4.71. The van der Waals surface area contributed by atoms with Gasteiger partial charge in [0.15, 0.2) is 0 Å². The molecule has 2 nitrogen and oxygen atoms in total. The van der Waals surface area contributed by atoms with Crippen LogP contribution in [0.4, 0.5) is 0 Å². The minimum atomic E-state index is 0.252. The summed E-state index contributed by atoms with van der Waals surface area (Å²) in [5.41, 5.74) is 2.24. The van der Waals surface area contributed by atoms with Crippen LogP contribution < -0.4 is 0 Å². The molecule has 2 rings (SSSR count). The normalized spacial score (nSPS) is 11.5. The molecule has 1 N–H and O–H groups in total. The van der Waals surface area contributed by atoms with Crippen LogP contribution in [0, 0.1) is 0 Å². The molecule has 3 heteroatoms. The number of fused-ring (bicyclic) bond motifs is 1. The maximum absolute atomic E-state index is 5.90. The second kappa shape index (κ2) is 4.25. The topological polar surface area (TPSA) is 25.0 Å². The number of nitrogens with one attached hydrogen (secondary N) is 1. The van der Waals surface area contributed by atoms with Crippen LogP contribution in [-0.4, -0.2) is 11.1 Å². The molecule has 0 aliphatic heterocycles. The lowest BCUT2D eigenvalue weighted by molar-refractivity contribution is 0.0664. The van der Waals surface area contributed by atoms with Gasteiger partial charge >= 0.3 is 0 Å². The third-order valence-corrected chi connectivity index (χ3v) is 2.54. The highest BCUT2D eigenvalue weighted by Crippen LogP contribution is 2.22. The molecule has 1 aromatic carbocycles. The Bertz CT molecular complexity index is 462. The molecule has 1 aromatic heterocycles. The van der Waals surface area contributed by atoms with Crippen molar-refractivity contribution in [3.05, 3.63) is 35.0 Å². The van der Waals surface area contributed by atoms with Gasteiger partial charge in [-0.15, -0.1) is 0 Å². The van der Waals surface area contributed by atoms with Crippen LogP contribution in [0.25, 0.3) is 10.9 Å². The number of rotatable bonds is 3. The smallest absolute Gasteiger partial charge is 0.0741 e. The predicted octanol–water partition coefficient (Wildman–Crippen LogP) is 3.75. The van der Waals surface area contributed by atoms with E-state index in [-0.39, 0.29) is 6.10 Å². The van der Waals surface area contributed by atoms with Crippen molar-refractivity contribution in [1.29, 1.82) is 0 Å². The van der Waals surface area contributed by atoms with Gasteiger partial charge in [-0.25, -0.2) is 0 Å². The van der Waals surface area contributed by atoms with E-state index in [2.05, 4.69) is 4.98 Å². The van der Waals surface area contributed by atoms with Gasteiger partial charge in [0, 0.05) is 27.7 Å². The molecule has 0 saturated carbocycles. The van der Waals surface area contributed by atoms with E-state index in [1.807, 2.05) is 38.2 Å². The van der Waals surface area contributed by atoms with E-state index < -0.39 is 0 Å². The highest BCUT2D eigenvalue weighted by Gasteiger charge is 2.04. The molecule has 0 aliphatic carbocycles. The summed E-state index contributed by atoms with van der Waals surface area (Å²) in [6, 6.07) is 5.85. The molecule has 0 amide bonds. The molecule has 0 fully saturated rings. The fraction of sp³-hybridized carbons (Fsp3) is 0.333. The summed E-state index contributed by atoms with van der Waals surface area (Å²) in [4.78, 5) is 3.19. The maximum Gasteiger partial charge on any atom is 0.0741 e. The number of hydrogen-bond donors (Lipinski definition) is 1. The van der Waals surface area contributed by atoms with Gasteiger partial charge in [0.05, 0.1) is 12.7 Å². The van der Waals surface area contributed by atoms with Crippen molar-refractivity contribution in [3.63, 3.8) is 0 Å². The fourth-order valence-corrected chi connectivity index (χ4v) is 1.71. The molecule has 80 valence electrons. The van der Waals surface area contributed by atoms with E-state index in [4.69, 9.17) is 16.3 Å². The molecule has 0 spiro atoms. The molecule has 15 heavy (non-hydrogen) atoms. The lowest BCUT2D eigenvalue weighted by Gasteiger charge is -2.05. The number of aromatic nitrogens is 1. The van der Waals surface area contributed by atoms with Crippen LogP contribution in [0.15, 0.2) is 24.4 Å². The number of aromatic amines is 1. The highest BCUT2D eigenvalue weighted by atomic mass is 35.5. The average molecular weight is 224 g/mol. The van der Waals surface area contributed by atoms with Crippen LogP contribution in [0.1, 0.15) is 19.4 Å². The zero-order valence-corrected chi connectivity index (χ0v) is 9.64. The fourth-order valence-electron chi connectivity index (χ4n) is 1.53. The molecule has 0 aliphatic rings. The number of hydrogen-bond acceptors (Lipinski definition) is 1. The molecule has 0 saturated heterocycles. The molecule has 1 heterocycles. The Labute approximate surface area is 94.2 Å². The Morgan fingerprint density at radius 3 is 2.93 bits per heavy atom. The van der Waals surface area contributed by atoms with Crippen molar-refractivity contribution in [3.8, 4) is 0 Å². The third kappa shape index (κ3) is 2.33. The van der Waals surface area contributed by atoms with Crippen LogP contribution in [0.5, 0.6) is 0 Å². The largest absolute Gasteiger partial charge is 0.374 e. The number of benzene rings is 1. The number of halogens is 1. The van der Waals surface area contributed by atoms with Crippen molar-refractivity contribution in [2.75, 3.05) is 0 Å². The summed E-state index contributed by atoms with van der Waals surface area (Å²) in [6.07, 6.45) is 2.23. The third-order valence-electron chi connectivity index (χ3n) is 2.30. The van der Waals surface area contributed by atoms with Gasteiger partial charge in [-0.05, 0) is 26.0 Å². The predicted molar refractivity (Wildman–Crippen MR) is 63.2 cm³/mol. The number of H-pyrrole nitrogens is 1. The zero-order valence-electron chi connectivity index (χ0n) is 8.88. The van der Waals surface area contributed by atoms with Crippen molar-refractivity contribution in [1.82, 2.24) is 4.98 Å². The van der Waals surface area contributed by atoms with Gasteiger partial charge in [0.25, 0.3) is 0 Å². The Kier molecular flexibility index (Phi) is 2.98. The molecular formula is C12H14ClNO. The Balaban J connectivity index is 2.29. The second-order valence-electron chi connectivity index (χ2n) is 3.86. The summed E-state index contributed by atoms with van der Waals surface area (Å²) in [5, 5.41) is 1.93. The standard InChI is InChI=1S/C12H14ClNO/c1-8(2)15-7-9-6-14-12-5-10(13)3-4-11(9)12/h3-6,8,14H,7H2,1-2H3. The lowest BCUT2D eigenvalue weighted by atomic mass is 10.2. The highest BCUT2D eigenvalue weighted by molar-refractivity contribution is 6.31. The summed E-state index contributed by atoms with van der Waals surface area (Å²) in [5.74, 6) is 0. The van der Waals surface area contributed by atoms with Crippen LogP contribution in [0.3, 0.4) is 0 Å². The van der Waals surface area contributed by atoms with Gasteiger partial charge in [-0.1, -0.05) is 17.7 Å². The van der Waals surface area contributed by atoms with E-state index in [9.17, 15) is 0 Å². The van der Waals surface area contributed by atoms with Crippen molar-refractivity contribution < 1.29 is 4.74 Å².